The molecule has 1 aromatic heterocycles. The molecule has 1 fully saturated rings. The molecule has 1 aliphatic carbocycles. The Balaban J connectivity index is 1.51. The van der Waals surface area contributed by atoms with Crippen molar-refractivity contribution in [2.75, 3.05) is 17.2 Å². The van der Waals surface area contributed by atoms with E-state index < -0.39 is 12.0 Å². The van der Waals surface area contributed by atoms with E-state index in [4.69, 9.17) is 9.47 Å². The summed E-state index contributed by atoms with van der Waals surface area (Å²) in [6.07, 6.45) is 2.23. The Kier molecular flexibility index (Phi) is 8.23. The van der Waals surface area contributed by atoms with Gasteiger partial charge in [-0.1, -0.05) is 6.07 Å². The van der Waals surface area contributed by atoms with Crippen LogP contribution in [0.3, 0.4) is 0 Å². The highest BCUT2D eigenvalue weighted by Gasteiger charge is 2.30. The second-order valence-corrected chi connectivity index (χ2v) is 8.40. The fraction of sp³-hybridized carbons (Fsp3) is 0.435. The number of hydrogen-bond acceptors (Lipinski definition) is 7. The third-order valence-corrected chi connectivity index (χ3v) is 5.22. The van der Waals surface area contributed by atoms with Crippen LogP contribution in [0.5, 0.6) is 5.75 Å². The van der Waals surface area contributed by atoms with Crippen LogP contribution in [0, 0.1) is 0 Å². The maximum absolute atomic E-state index is 12.3. The number of hydrogen-bond donors (Lipinski definition) is 4. The third-order valence-electron chi connectivity index (χ3n) is 5.22. The van der Waals surface area contributed by atoms with Crippen molar-refractivity contribution >= 4 is 35.7 Å². The Bertz CT molecular complexity index is 1050. The van der Waals surface area contributed by atoms with E-state index in [2.05, 4.69) is 26.1 Å². The number of amides is 3. The van der Waals surface area contributed by atoms with Gasteiger partial charge in [-0.2, -0.15) is 5.10 Å². The predicted molar refractivity (Wildman–Crippen MR) is 124 cm³/mol. The number of carbonyl (C=O) groups excluding carboxylic acids is 4. The first kappa shape index (κ1) is 24.7. The summed E-state index contributed by atoms with van der Waals surface area (Å²) in [7, 11) is 0. The molecule has 11 heteroatoms. The van der Waals surface area contributed by atoms with Crippen LogP contribution in [-0.4, -0.2) is 53.1 Å². The van der Waals surface area contributed by atoms with E-state index in [1.807, 2.05) is 13.8 Å². The molecule has 1 heterocycles. The fourth-order valence-corrected chi connectivity index (χ4v) is 3.77. The van der Waals surface area contributed by atoms with Crippen molar-refractivity contribution in [1.82, 2.24) is 15.5 Å². The minimum atomic E-state index is -0.460. The van der Waals surface area contributed by atoms with Gasteiger partial charge in [-0.25, -0.2) is 4.79 Å². The Morgan fingerprint density at radius 2 is 2.03 bits per heavy atom. The predicted octanol–water partition coefficient (Wildman–Crippen LogP) is 2.97. The number of rotatable bonds is 9. The average Bonchev–Trinajstić information content (AvgIpc) is 3.40. The first-order chi connectivity index (χ1) is 16.2. The van der Waals surface area contributed by atoms with Crippen molar-refractivity contribution in [3.8, 4) is 5.75 Å². The van der Waals surface area contributed by atoms with E-state index in [-0.39, 0.29) is 41.9 Å². The molecule has 182 valence electrons. The van der Waals surface area contributed by atoms with E-state index in [0.29, 0.717) is 24.2 Å². The fourth-order valence-electron chi connectivity index (χ4n) is 3.77. The quantitative estimate of drug-likeness (QED) is 0.410. The smallest absolute Gasteiger partial charge is 0.407 e. The lowest BCUT2D eigenvalue weighted by Gasteiger charge is -2.14. The lowest BCUT2D eigenvalue weighted by atomic mass is 10.0. The molecule has 3 amide bonds. The molecule has 2 aromatic rings. The highest BCUT2D eigenvalue weighted by atomic mass is 16.6. The minimum Gasteiger partial charge on any atom is -0.483 e. The van der Waals surface area contributed by atoms with Crippen molar-refractivity contribution in [3.05, 3.63) is 35.5 Å². The molecule has 0 aliphatic heterocycles. The van der Waals surface area contributed by atoms with Crippen LogP contribution in [0.15, 0.2) is 24.3 Å². The molecule has 0 unspecified atom stereocenters. The van der Waals surface area contributed by atoms with Crippen LogP contribution in [0.1, 0.15) is 62.0 Å². The van der Waals surface area contributed by atoms with E-state index in [0.717, 1.165) is 18.5 Å². The van der Waals surface area contributed by atoms with Gasteiger partial charge in [0.05, 0.1) is 11.3 Å². The first-order valence-electron chi connectivity index (χ1n) is 11.1. The molecule has 34 heavy (non-hydrogen) atoms. The molecule has 1 aromatic carbocycles. The van der Waals surface area contributed by atoms with Gasteiger partial charge in [-0.15, -0.1) is 0 Å². The highest BCUT2D eigenvalue weighted by Crippen LogP contribution is 2.35. The third kappa shape index (κ3) is 6.80. The van der Waals surface area contributed by atoms with Gasteiger partial charge in [0.1, 0.15) is 11.9 Å². The molecule has 3 rings (SSSR count). The summed E-state index contributed by atoms with van der Waals surface area (Å²) in [5, 5.41) is 15.0. The zero-order valence-corrected chi connectivity index (χ0v) is 19.3. The Hall–Kier alpha value is -3.89. The number of nitrogens with one attached hydrogen (secondary N) is 4. The molecule has 0 radical (unpaired) electrons. The number of aromatic amines is 1. The van der Waals surface area contributed by atoms with Crippen molar-refractivity contribution in [1.29, 1.82) is 0 Å². The van der Waals surface area contributed by atoms with Gasteiger partial charge < -0.3 is 25.4 Å². The summed E-state index contributed by atoms with van der Waals surface area (Å²) in [5.74, 6) is -0.132. The molecule has 0 spiro atoms. The Labute approximate surface area is 197 Å². The van der Waals surface area contributed by atoms with E-state index in [1.54, 1.807) is 18.2 Å². The SMILES string of the molecule is CC(=O)Nc1cccc(OCC(=O)Nc2cc([C@H]3CC[C@@H](OC(=O)NC(C)C)C3)[nH]n2)c1C=O. The van der Waals surface area contributed by atoms with Crippen LogP contribution in [0.4, 0.5) is 16.3 Å². The summed E-state index contributed by atoms with van der Waals surface area (Å²) in [6, 6.07) is 6.47. The normalized spacial score (nSPS) is 17.2. The molecular formula is C23H29N5O6. The standard InChI is InChI=1S/C23H29N5O6/c1-13(2)24-23(32)34-16-8-7-15(9-16)19-10-21(28-27-19)26-22(31)12-33-20-6-4-5-18(17(20)11-29)25-14(3)30/h4-6,10-11,13,15-16H,7-9,12H2,1-3H3,(H,24,32)(H,25,30)(H2,26,27,28,31)/t15-,16+/m0/s1. The van der Waals surface area contributed by atoms with Gasteiger partial charge in [0.15, 0.2) is 18.7 Å². The summed E-state index contributed by atoms with van der Waals surface area (Å²) in [4.78, 5) is 46.9. The molecule has 1 aliphatic rings. The van der Waals surface area contributed by atoms with E-state index in [9.17, 15) is 19.2 Å². The number of nitrogens with zero attached hydrogens (tertiary/aromatic N) is 1. The van der Waals surface area contributed by atoms with Crippen LogP contribution in [-0.2, 0) is 14.3 Å². The summed E-state index contributed by atoms with van der Waals surface area (Å²) in [6.45, 7) is 4.72. The maximum Gasteiger partial charge on any atom is 0.407 e. The number of alkyl carbamates (subject to hydrolysis) is 1. The second-order valence-electron chi connectivity index (χ2n) is 8.40. The number of aldehydes is 1. The monoisotopic (exact) mass is 471 g/mol. The van der Waals surface area contributed by atoms with Crippen molar-refractivity contribution in [2.24, 2.45) is 0 Å². The number of aromatic nitrogens is 2. The van der Waals surface area contributed by atoms with Crippen LogP contribution >= 0.6 is 0 Å². The highest BCUT2D eigenvalue weighted by molar-refractivity contribution is 5.97. The Morgan fingerprint density at radius 1 is 1.24 bits per heavy atom. The molecular weight excluding hydrogens is 442 g/mol. The van der Waals surface area contributed by atoms with Gasteiger partial charge >= 0.3 is 6.09 Å². The molecule has 1 saturated carbocycles. The van der Waals surface area contributed by atoms with Gasteiger partial charge in [0, 0.05) is 30.6 Å². The Morgan fingerprint density at radius 3 is 2.74 bits per heavy atom. The second kappa shape index (κ2) is 11.3. The maximum atomic E-state index is 12.3. The van der Waals surface area contributed by atoms with Crippen molar-refractivity contribution < 1.29 is 28.7 Å². The van der Waals surface area contributed by atoms with Crippen LogP contribution < -0.4 is 20.7 Å². The topological polar surface area (TPSA) is 152 Å². The number of H-pyrrole nitrogens is 1. The largest absolute Gasteiger partial charge is 0.483 e. The van der Waals surface area contributed by atoms with Crippen molar-refractivity contribution in [2.45, 2.75) is 58.1 Å². The van der Waals surface area contributed by atoms with E-state index >= 15 is 0 Å². The van der Waals surface area contributed by atoms with Crippen LogP contribution in [0.25, 0.3) is 0 Å². The lowest BCUT2D eigenvalue weighted by molar-refractivity contribution is -0.118. The van der Waals surface area contributed by atoms with Gasteiger partial charge in [-0.05, 0) is 45.2 Å². The number of benzene rings is 1. The summed E-state index contributed by atoms with van der Waals surface area (Å²) in [5.41, 5.74) is 1.29. The molecule has 2 atom stereocenters. The lowest BCUT2D eigenvalue weighted by Crippen LogP contribution is -2.33. The van der Waals surface area contributed by atoms with Crippen LogP contribution in [0.2, 0.25) is 0 Å². The molecule has 0 bridgehead atoms. The zero-order chi connectivity index (χ0) is 24.7. The van der Waals surface area contributed by atoms with Gasteiger partial charge in [0.25, 0.3) is 5.91 Å². The van der Waals surface area contributed by atoms with Crippen molar-refractivity contribution in [3.63, 3.8) is 0 Å². The first-order valence-corrected chi connectivity index (χ1v) is 11.1. The van der Waals surface area contributed by atoms with Gasteiger partial charge in [0.2, 0.25) is 5.91 Å². The zero-order valence-electron chi connectivity index (χ0n) is 19.3. The number of carbonyl (C=O) groups is 4. The number of ether oxygens (including phenoxy) is 2. The van der Waals surface area contributed by atoms with Gasteiger partial charge in [-0.3, -0.25) is 19.5 Å². The summed E-state index contributed by atoms with van der Waals surface area (Å²) < 4.78 is 10.9. The molecule has 4 N–H and O–H groups in total. The summed E-state index contributed by atoms with van der Waals surface area (Å²) >= 11 is 0. The molecule has 11 nitrogen and oxygen atoms in total. The average molecular weight is 472 g/mol. The number of anilines is 2. The van der Waals surface area contributed by atoms with E-state index in [1.165, 1.54) is 13.0 Å². The molecule has 0 saturated heterocycles. The minimum absolute atomic E-state index is 0.0126.